The lowest BCUT2D eigenvalue weighted by atomic mass is 10.0. The molecule has 1 aliphatic heterocycles. The Kier molecular flexibility index (Phi) is 2.87. The van der Waals surface area contributed by atoms with Gasteiger partial charge in [-0.3, -0.25) is 14.3 Å². The summed E-state index contributed by atoms with van der Waals surface area (Å²) >= 11 is 0. The number of aromatic amines is 1. The first kappa shape index (κ1) is 12.0. The van der Waals surface area contributed by atoms with Crippen LogP contribution in [-0.2, 0) is 4.74 Å². The summed E-state index contributed by atoms with van der Waals surface area (Å²) in [7, 11) is 0. The Labute approximate surface area is 94.7 Å². The summed E-state index contributed by atoms with van der Waals surface area (Å²) in [5, 5.41) is 28.4. The van der Waals surface area contributed by atoms with Gasteiger partial charge in [-0.2, -0.15) is 0 Å². The molecule has 0 amide bonds. The lowest BCUT2D eigenvalue weighted by Crippen LogP contribution is -2.47. The molecule has 1 aromatic heterocycles. The van der Waals surface area contributed by atoms with Crippen molar-refractivity contribution in [1.29, 1.82) is 0 Å². The maximum absolute atomic E-state index is 11.4. The van der Waals surface area contributed by atoms with E-state index < -0.39 is 35.8 Å². The van der Waals surface area contributed by atoms with Gasteiger partial charge >= 0.3 is 5.69 Å². The van der Waals surface area contributed by atoms with Crippen molar-refractivity contribution in [1.82, 2.24) is 9.55 Å². The third-order valence-electron chi connectivity index (χ3n) is 2.72. The van der Waals surface area contributed by atoms with Crippen LogP contribution in [0.1, 0.15) is 6.23 Å². The van der Waals surface area contributed by atoms with Crippen molar-refractivity contribution in [3.8, 4) is 0 Å². The van der Waals surface area contributed by atoms with Crippen LogP contribution in [-0.4, -0.2) is 49.8 Å². The number of aliphatic hydroxyl groups is 3. The van der Waals surface area contributed by atoms with E-state index in [1.807, 2.05) is 4.98 Å². The molecule has 2 rings (SSSR count). The van der Waals surface area contributed by atoms with Gasteiger partial charge < -0.3 is 20.1 Å². The highest BCUT2D eigenvalue weighted by atomic mass is 16.6. The van der Waals surface area contributed by atoms with Gasteiger partial charge in [0.15, 0.2) is 6.23 Å². The number of H-pyrrole nitrogens is 1. The molecule has 1 saturated heterocycles. The van der Waals surface area contributed by atoms with Crippen LogP contribution < -0.4 is 11.2 Å². The second kappa shape index (κ2) is 4.08. The minimum Gasteiger partial charge on any atom is -0.393 e. The average molecular weight is 244 g/mol. The van der Waals surface area contributed by atoms with E-state index in [9.17, 15) is 19.8 Å². The fourth-order valence-electron chi connectivity index (χ4n) is 1.67. The first-order valence-corrected chi connectivity index (χ1v) is 4.92. The molecular weight excluding hydrogens is 232 g/mol. The highest BCUT2D eigenvalue weighted by molar-refractivity contribution is 4.97. The molecule has 0 saturated carbocycles. The smallest absolute Gasteiger partial charge is 0.330 e. The number of ether oxygens (including phenoxy) is 1. The van der Waals surface area contributed by atoms with Crippen LogP contribution in [0.3, 0.4) is 0 Å². The molecule has 0 radical (unpaired) electrons. The first-order valence-electron chi connectivity index (χ1n) is 4.92. The van der Waals surface area contributed by atoms with Gasteiger partial charge in [-0.25, -0.2) is 4.79 Å². The van der Waals surface area contributed by atoms with Crippen molar-refractivity contribution < 1.29 is 20.1 Å². The van der Waals surface area contributed by atoms with E-state index in [0.717, 1.165) is 16.8 Å². The fourth-order valence-corrected chi connectivity index (χ4v) is 1.67. The minimum atomic E-state index is -1.81. The SMILES string of the molecule is O=c1ccn([C@@H]2OC[C@@](O)(CO)[C@H]2O)c(=O)[nH]1. The third kappa shape index (κ3) is 1.91. The van der Waals surface area contributed by atoms with Crippen LogP contribution in [0.5, 0.6) is 0 Å². The quantitative estimate of drug-likeness (QED) is 0.444. The van der Waals surface area contributed by atoms with Crippen molar-refractivity contribution in [3.05, 3.63) is 33.1 Å². The molecule has 1 fully saturated rings. The largest absolute Gasteiger partial charge is 0.393 e. The average Bonchev–Trinajstić information content (AvgIpc) is 2.58. The summed E-state index contributed by atoms with van der Waals surface area (Å²) < 4.78 is 6.00. The molecule has 1 aromatic rings. The first-order chi connectivity index (χ1) is 7.98. The van der Waals surface area contributed by atoms with Crippen LogP contribution in [0.2, 0.25) is 0 Å². The van der Waals surface area contributed by atoms with Crippen molar-refractivity contribution in [2.75, 3.05) is 13.2 Å². The zero-order valence-electron chi connectivity index (χ0n) is 8.74. The molecule has 1 aliphatic rings. The second-order valence-corrected chi connectivity index (χ2v) is 3.93. The lowest BCUT2D eigenvalue weighted by Gasteiger charge is -2.24. The van der Waals surface area contributed by atoms with Crippen molar-refractivity contribution in [2.45, 2.75) is 17.9 Å². The van der Waals surface area contributed by atoms with Crippen molar-refractivity contribution in [3.63, 3.8) is 0 Å². The number of nitrogens with zero attached hydrogens (tertiary/aromatic N) is 1. The molecular formula is C9H12N2O6. The number of hydrogen-bond donors (Lipinski definition) is 4. The normalized spacial score (nSPS) is 32.9. The van der Waals surface area contributed by atoms with E-state index in [2.05, 4.69) is 0 Å². The predicted octanol–water partition coefficient (Wildman–Crippen LogP) is -2.85. The fraction of sp³-hybridized carbons (Fsp3) is 0.556. The highest BCUT2D eigenvalue weighted by Gasteiger charge is 2.48. The Morgan fingerprint density at radius 2 is 2.29 bits per heavy atom. The molecule has 17 heavy (non-hydrogen) atoms. The van der Waals surface area contributed by atoms with Gasteiger partial charge in [0.1, 0.15) is 11.7 Å². The standard InChI is InChI=1S/C9H12N2O6/c12-3-9(16)4-17-7(6(9)14)11-2-1-5(13)10-8(11)15/h1-2,6-7,12,14,16H,3-4H2,(H,10,13,15)/t6-,7+,9-/m0/s1. The zero-order chi connectivity index (χ0) is 12.6. The number of rotatable bonds is 2. The molecule has 0 unspecified atom stereocenters. The lowest BCUT2D eigenvalue weighted by molar-refractivity contribution is -0.0882. The molecule has 0 spiro atoms. The van der Waals surface area contributed by atoms with Gasteiger partial charge in [0.05, 0.1) is 13.2 Å². The van der Waals surface area contributed by atoms with Crippen LogP contribution in [0.15, 0.2) is 21.9 Å². The van der Waals surface area contributed by atoms with Crippen molar-refractivity contribution in [2.24, 2.45) is 0 Å². The summed E-state index contributed by atoms with van der Waals surface area (Å²) in [5.41, 5.74) is -3.14. The zero-order valence-corrected chi connectivity index (χ0v) is 8.74. The van der Waals surface area contributed by atoms with Gasteiger partial charge in [-0.15, -0.1) is 0 Å². The molecule has 2 heterocycles. The highest BCUT2D eigenvalue weighted by Crippen LogP contribution is 2.30. The van der Waals surface area contributed by atoms with E-state index in [4.69, 9.17) is 9.84 Å². The Bertz CT molecular complexity index is 523. The van der Waals surface area contributed by atoms with Gasteiger partial charge in [0.25, 0.3) is 5.56 Å². The summed E-state index contributed by atoms with van der Waals surface area (Å²) in [6, 6.07) is 1.09. The Morgan fingerprint density at radius 1 is 1.59 bits per heavy atom. The van der Waals surface area contributed by atoms with Gasteiger partial charge in [0.2, 0.25) is 0 Å². The van der Waals surface area contributed by atoms with Gasteiger partial charge in [-0.05, 0) is 0 Å². The minimum absolute atomic E-state index is 0.305. The molecule has 8 nitrogen and oxygen atoms in total. The second-order valence-electron chi connectivity index (χ2n) is 3.93. The van der Waals surface area contributed by atoms with E-state index in [-0.39, 0.29) is 6.61 Å². The summed E-state index contributed by atoms with van der Waals surface area (Å²) in [5.74, 6) is 0. The Balaban J connectivity index is 2.37. The van der Waals surface area contributed by atoms with Gasteiger partial charge in [0, 0.05) is 12.3 Å². The van der Waals surface area contributed by atoms with Crippen LogP contribution in [0, 0.1) is 0 Å². The maximum atomic E-state index is 11.4. The van der Waals surface area contributed by atoms with E-state index >= 15 is 0 Å². The molecule has 4 N–H and O–H groups in total. The van der Waals surface area contributed by atoms with Crippen molar-refractivity contribution >= 4 is 0 Å². The summed E-state index contributed by atoms with van der Waals surface area (Å²) in [6.07, 6.45) is -1.45. The van der Waals surface area contributed by atoms with Crippen LogP contribution in [0.25, 0.3) is 0 Å². The summed E-state index contributed by atoms with van der Waals surface area (Å²) in [4.78, 5) is 24.3. The number of hydrogen-bond acceptors (Lipinski definition) is 6. The Morgan fingerprint density at radius 3 is 2.82 bits per heavy atom. The molecule has 0 bridgehead atoms. The van der Waals surface area contributed by atoms with Crippen LogP contribution in [0.4, 0.5) is 0 Å². The molecule has 8 heteroatoms. The Hall–Kier alpha value is -1.48. The van der Waals surface area contributed by atoms with E-state index in [0.29, 0.717) is 0 Å². The molecule has 3 atom stereocenters. The van der Waals surface area contributed by atoms with Gasteiger partial charge in [-0.1, -0.05) is 0 Å². The number of aliphatic hydroxyl groups excluding tert-OH is 2. The molecule has 0 aliphatic carbocycles. The monoisotopic (exact) mass is 244 g/mol. The summed E-state index contributed by atoms with van der Waals surface area (Å²) in [6.45, 7) is -0.996. The van der Waals surface area contributed by atoms with E-state index in [1.165, 1.54) is 0 Å². The molecule has 0 aromatic carbocycles. The molecule has 94 valence electrons. The predicted molar refractivity (Wildman–Crippen MR) is 54.4 cm³/mol. The number of aromatic nitrogens is 2. The third-order valence-corrected chi connectivity index (χ3v) is 2.72. The van der Waals surface area contributed by atoms with Crippen LogP contribution >= 0.6 is 0 Å². The number of nitrogens with one attached hydrogen (secondary N) is 1. The topological polar surface area (TPSA) is 125 Å². The van der Waals surface area contributed by atoms with E-state index in [1.54, 1.807) is 0 Å². The maximum Gasteiger partial charge on any atom is 0.330 e.